The summed E-state index contributed by atoms with van der Waals surface area (Å²) >= 11 is 12.2. The Morgan fingerprint density at radius 1 is 1.16 bits per heavy atom. The molecular weight excluding hydrogens is 283 g/mol. The first-order chi connectivity index (χ1) is 9.06. The Balaban J connectivity index is 2.50. The molecule has 100 valence electrons. The van der Waals surface area contributed by atoms with Crippen molar-refractivity contribution < 1.29 is 4.74 Å². The lowest BCUT2D eigenvalue weighted by Gasteiger charge is -2.09. The van der Waals surface area contributed by atoms with E-state index in [1.54, 1.807) is 7.11 Å². The second kappa shape index (κ2) is 5.76. The lowest BCUT2D eigenvalue weighted by atomic mass is 10.1. The minimum absolute atomic E-state index is 0.408. The van der Waals surface area contributed by atoms with E-state index in [9.17, 15) is 0 Å². The maximum atomic E-state index is 6.12. The molecule has 0 aliphatic heterocycles. The smallest absolute Gasteiger partial charge is 0.162 e. The monoisotopic (exact) mass is 296 g/mol. The third-order valence-electron chi connectivity index (χ3n) is 2.91. The predicted molar refractivity (Wildman–Crippen MR) is 78.2 cm³/mol. The molecule has 2 aromatic rings. The molecule has 0 unspecified atom stereocenters. The molecule has 0 N–H and O–H groups in total. The van der Waals surface area contributed by atoms with Gasteiger partial charge in [0.1, 0.15) is 16.1 Å². The van der Waals surface area contributed by atoms with Crippen molar-refractivity contribution in [2.24, 2.45) is 0 Å². The van der Waals surface area contributed by atoms with Gasteiger partial charge in [0, 0.05) is 11.1 Å². The summed E-state index contributed by atoms with van der Waals surface area (Å²) in [6.45, 7) is 3.93. The standard InChI is InChI=1S/C14H14Cl2N2O/c1-4-10-12(15)17-14(18-13(10)16)9-5-6-11(19-3)8(2)7-9/h5-7H,4H2,1-3H3. The second-order valence-corrected chi connectivity index (χ2v) is 4.86. The van der Waals surface area contributed by atoms with Gasteiger partial charge < -0.3 is 4.74 Å². The van der Waals surface area contributed by atoms with Crippen LogP contribution in [0.15, 0.2) is 18.2 Å². The Kier molecular flexibility index (Phi) is 4.27. The number of nitrogens with zero attached hydrogens (tertiary/aromatic N) is 2. The number of rotatable bonds is 3. The summed E-state index contributed by atoms with van der Waals surface area (Å²) in [5, 5.41) is 0.817. The van der Waals surface area contributed by atoms with E-state index in [-0.39, 0.29) is 0 Å². The average Bonchev–Trinajstić information content (AvgIpc) is 2.38. The van der Waals surface area contributed by atoms with Crippen LogP contribution in [0, 0.1) is 6.92 Å². The van der Waals surface area contributed by atoms with Crippen LogP contribution in [0.2, 0.25) is 10.3 Å². The molecule has 3 nitrogen and oxygen atoms in total. The SMILES string of the molecule is CCc1c(Cl)nc(-c2ccc(OC)c(C)c2)nc1Cl. The number of hydrogen-bond donors (Lipinski definition) is 0. The zero-order valence-corrected chi connectivity index (χ0v) is 12.5. The van der Waals surface area contributed by atoms with E-state index in [4.69, 9.17) is 27.9 Å². The van der Waals surface area contributed by atoms with Crippen LogP contribution in [0.5, 0.6) is 5.75 Å². The molecule has 0 spiro atoms. The van der Waals surface area contributed by atoms with Crippen LogP contribution in [-0.4, -0.2) is 17.1 Å². The maximum Gasteiger partial charge on any atom is 0.162 e. The molecule has 1 aromatic carbocycles. The minimum Gasteiger partial charge on any atom is -0.496 e. The number of ether oxygens (including phenoxy) is 1. The molecule has 0 radical (unpaired) electrons. The summed E-state index contributed by atoms with van der Waals surface area (Å²) in [6, 6.07) is 5.72. The van der Waals surface area contributed by atoms with Crippen LogP contribution in [0.3, 0.4) is 0 Å². The first kappa shape index (κ1) is 14.1. The number of aromatic nitrogens is 2. The molecule has 0 aliphatic rings. The Labute approximate surface area is 122 Å². The second-order valence-electron chi connectivity index (χ2n) is 4.15. The highest BCUT2D eigenvalue weighted by molar-refractivity contribution is 6.34. The summed E-state index contributed by atoms with van der Waals surface area (Å²) in [4.78, 5) is 8.60. The van der Waals surface area contributed by atoms with E-state index < -0.39 is 0 Å². The van der Waals surface area contributed by atoms with E-state index in [0.717, 1.165) is 22.4 Å². The molecule has 19 heavy (non-hydrogen) atoms. The molecule has 0 atom stereocenters. The van der Waals surface area contributed by atoms with Crippen LogP contribution in [0.25, 0.3) is 11.4 Å². The molecule has 0 saturated carbocycles. The minimum atomic E-state index is 0.408. The molecule has 0 fully saturated rings. The van der Waals surface area contributed by atoms with Crippen molar-refractivity contribution in [1.82, 2.24) is 9.97 Å². The molecule has 0 aliphatic carbocycles. The fourth-order valence-corrected chi connectivity index (χ4v) is 2.52. The first-order valence-corrected chi connectivity index (χ1v) is 6.69. The van der Waals surface area contributed by atoms with Crippen molar-refractivity contribution >= 4 is 23.2 Å². The summed E-state index contributed by atoms with van der Waals surface area (Å²) in [5.74, 6) is 1.35. The third kappa shape index (κ3) is 2.82. The predicted octanol–water partition coefficient (Wildman–Crippen LogP) is 4.33. The Hall–Kier alpha value is -1.32. The molecule has 0 amide bonds. The molecular formula is C14H14Cl2N2O. The van der Waals surface area contributed by atoms with Gasteiger partial charge in [-0.15, -0.1) is 0 Å². The van der Waals surface area contributed by atoms with Crippen molar-refractivity contribution in [2.45, 2.75) is 20.3 Å². The van der Waals surface area contributed by atoms with Crippen molar-refractivity contribution in [3.63, 3.8) is 0 Å². The lowest BCUT2D eigenvalue weighted by molar-refractivity contribution is 0.412. The van der Waals surface area contributed by atoms with Crippen molar-refractivity contribution in [3.8, 4) is 17.1 Å². The summed E-state index contributed by atoms with van der Waals surface area (Å²) in [5.41, 5.74) is 2.65. The Bertz CT molecular complexity index is 591. The van der Waals surface area contributed by atoms with Crippen molar-refractivity contribution in [1.29, 1.82) is 0 Å². The molecule has 1 heterocycles. The topological polar surface area (TPSA) is 35.0 Å². The van der Waals surface area contributed by atoms with Crippen LogP contribution in [0.4, 0.5) is 0 Å². The summed E-state index contributed by atoms with van der Waals surface area (Å²) in [6.07, 6.45) is 0.708. The van der Waals surface area contributed by atoms with Crippen LogP contribution in [-0.2, 0) is 6.42 Å². The first-order valence-electron chi connectivity index (χ1n) is 5.93. The Morgan fingerprint density at radius 3 is 2.26 bits per heavy atom. The maximum absolute atomic E-state index is 6.12. The fourth-order valence-electron chi connectivity index (χ4n) is 1.87. The third-order valence-corrected chi connectivity index (χ3v) is 3.54. The zero-order chi connectivity index (χ0) is 14.0. The van der Waals surface area contributed by atoms with Gasteiger partial charge in [0.15, 0.2) is 5.82 Å². The van der Waals surface area contributed by atoms with Gasteiger partial charge in [-0.3, -0.25) is 0 Å². The average molecular weight is 297 g/mol. The van der Waals surface area contributed by atoms with Crippen LogP contribution in [0.1, 0.15) is 18.1 Å². The highest BCUT2D eigenvalue weighted by atomic mass is 35.5. The highest BCUT2D eigenvalue weighted by Crippen LogP contribution is 2.28. The number of benzene rings is 1. The van der Waals surface area contributed by atoms with E-state index >= 15 is 0 Å². The number of aryl methyl sites for hydroxylation is 1. The number of hydrogen-bond acceptors (Lipinski definition) is 3. The van der Waals surface area contributed by atoms with Gasteiger partial charge in [0.25, 0.3) is 0 Å². The van der Waals surface area contributed by atoms with Crippen LogP contribution >= 0.6 is 23.2 Å². The summed E-state index contributed by atoms with van der Waals surface area (Å²) < 4.78 is 5.23. The fraction of sp³-hybridized carbons (Fsp3) is 0.286. The molecule has 0 saturated heterocycles. The highest BCUT2D eigenvalue weighted by Gasteiger charge is 2.12. The zero-order valence-electron chi connectivity index (χ0n) is 11.0. The normalized spacial score (nSPS) is 10.6. The molecule has 2 rings (SSSR count). The van der Waals surface area contributed by atoms with E-state index in [2.05, 4.69) is 9.97 Å². The molecule has 0 bridgehead atoms. The lowest BCUT2D eigenvalue weighted by Crippen LogP contribution is -1.97. The quantitative estimate of drug-likeness (QED) is 0.791. The molecule has 5 heteroatoms. The van der Waals surface area contributed by atoms with Gasteiger partial charge in [-0.2, -0.15) is 0 Å². The Morgan fingerprint density at radius 2 is 1.79 bits per heavy atom. The number of halogens is 2. The summed E-state index contributed by atoms with van der Waals surface area (Å²) in [7, 11) is 1.64. The van der Waals surface area contributed by atoms with Crippen LogP contribution < -0.4 is 4.74 Å². The number of methoxy groups -OCH3 is 1. The van der Waals surface area contributed by atoms with E-state index in [1.165, 1.54) is 0 Å². The van der Waals surface area contributed by atoms with Gasteiger partial charge >= 0.3 is 0 Å². The van der Waals surface area contributed by atoms with Gasteiger partial charge in [0.2, 0.25) is 0 Å². The van der Waals surface area contributed by atoms with E-state index in [1.807, 2.05) is 32.0 Å². The van der Waals surface area contributed by atoms with E-state index in [0.29, 0.717) is 22.6 Å². The van der Waals surface area contributed by atoms with Crippen molar-refractivity contribution in [2.75, 3.05) is 7.11 Å². The largest absolute Gasteiger partial charge is 0.496 e. The van der Waals surface area contributed by atoms with Gasteiger partial charge in [-0.25, -0.2) is 9.97 Å². The molecule has 1 aromatic heterocycles. The van der Waals surface area contributed by atoms with Gasteiger partial charge in [0.05, 0.1) is 7.11 Å². The van der Waals surface area contributed by atoms with Gasteiger partial charge in [-0.05, 0) is 37.1 Å². The van der Waals surface area contributed by atoms with Crippen molar-refractivity contribution in [3.05, 3.63) is 39.6 Å². The van der Waals surface area contributed by atoms with Gasteiger partial charge in [-0.1, -0.05) is 30.1 Å².